The molecular weight excluding hydrogens is 440 g/mol. The van der Waals surface area contributed by atoms with Crippen LogP contribution in [0.25, 0.3) is 10.8 Å². The minimum Gasteiger partial charge on any atom is -0.402 e. The molecule has 5 rings (SSSR count). The fourth-order valence-corrected chi connectivity index (χ4v) is 3.80. The number of fused-ring (bicyclic) bond motifs is 1. The van der Waals surface area contributed by atoms with Crippen LogP contribution in [-0.4, -0.2) is 58.8 Å². The van der Waals surface area contributed by atoms with Crippen molar-refractivity contribution < 1.29 is 9.53 Å². The predicted molar refractivity (Wildman–Crippen MR) is 131 cm³/mol. The molecule has 1 aromatic heterocycles. The number of halogens is 1. The summed E-state index contributed by atoms with van der Waals surface area (Å²) in [4.78, 5) is 29.5. The van der Waals surface area contributed by atoms with Crippen LogP contribution < -0.4 is 5.73 Å². The molecule has 0 radical (unpaired) electrons. The summed E-state index contributed by atoms with van der Waals surface area (Å²) in [6, 6.07) is 17.5. The maximum Gasteiger partial charge on any atom is 0.365 e. The van der Waals surface area contributed by atoms with Crippen LogP contribution in [0.3, 0.4) is 0 Å². The van der Waals surface area contributed by atoms with Crippen LogP contribution >= 0.6 is 12.4 Å². The van der Waals surface area contributed by atoms with Gasteiger partial charge in [0.05, 0.1) is 5.69 Å². The number of ether oxygens (including phenoxy) is 1. The Morgan fingerprint density at radius 2 is 1.73 bits per heavy atom. The molecule has 2 aliphatic rings. The number of aliphatic imine (C=N–C) groups is 2. The summed E-state index contributed by atoms with van der Waals surface area (Å²) >= 11 is 0. The van der Waals surface area contributed by atoms with Gasteiger partial charge in [-0.2, -0.15) is 0 Å². The Labute approximate surface area is 197 Å². The Bertz CT molecular complexity index is 1240. The van der Waals surface area contributed by atoms with Crippen molar-refractivity contribution in [3.63, 3.8) is 0 Å². The van der Waals surface area contributed by atoms with E-state index < -0.39 is 5.97 Å². The van der Waals surface area contributed by atoms with Gasteiger partial charge in [0.25, 0.3) is 0 Å². The third-order valence-electron chi connectivity index (χ3n) is 5.49. The number of guanidine groups is 1. The van der Waals surface area contributed by atoms with Crippen molar-refractivity contribution >= 4 is 46.7 Å². The summed E-state index contributed by atoms with van der Waals surface area (Å²) in [5.41, 5.74) is 8.05. The lowest BCUT2D eigenvalue weighted by Gasteiger charge is -2.34. The van der Waals surface area contributed by atoms with Crippen LogP contribution in [0, 0.1) is 0 Å². The molecule has 3 aromatic rings. The molecule has 1 saturated heterocycles. The SMILES string of the molecule is Cl.NC(=Nc1ccncc1)N1CCN(C=C2N=C(c3cccc4ccccc34)OC2=O)CC1. The Balaban J connectivity index is 0.00000259. The van der Waals surface area contributed by atoms with Gasteiger partial charge in [-0.15, -0.1) is 12.4 Å². The van der Waals surface area contributed by atoms with E-state index in [0.29, 0.717) is 43.7 Å². The van der Waals surface area contributed by atoms with Crippen LogP contribution in [-0.2, 0) is 9.53 Å². The second-order valence-electron chi connectivity index (χ2n) is 7.55. The molecule has 0 saturated carbocycles. The Morgan fingerprint density at radius 3 is 2.52 bits per heavy atom. The first kappa shape index (κ1) is 22.3. The summed E-state index contributed by atoms with van der Waals surface area (Å²) in [5.74, 6) is 0.375. The van der Waals surface area contributed by atoms with Gasteiger partial charge in [-0.1, -0.05) is 36.4 Å². The molecule has 8 nitrogen and oxygen atoms in total. The first-order valence-corrected chi connectivity index (χ1v) is 10.4. The van der Waals surface area contributed by atoms with Crippen molar-refractivity contribution in [1.82, 2.24) is 14.8 Å². The third kappa shape index (κ3) is 4.80. The molecule has 2 aromatic carbocycles. The zero-order chi connectivity index (χ0) is 21.9. The van der Waals surface area contributed by atoms with E-state index in [1.54, 1.807) is 18.6 Å². The van der Waals surface area contributed by atoms with Crippen LogP contribution in [0.1, 0.15) is 5.56 Å². The molecule has 33 heavy (non-hydrogen) atoms. The summed E-state index contributed by atoms with van der Waals surface area (Å²) in [6.07, 6.45) is 5.14. The van der Waals surface area contributed by atoms with Crippen molar-refractivity contribution in [2.45, 2.75) is 0 Å². The van der Waals surface area contributed by atoms with E-state index in [1.807, 2.05) is 59.5 Å². The highest BCUT2D eigenvalue weighted by Gasteiger charge is 2.27. The molecule has 1 fully saturated rings. The van der Waals surface area contributed by atoms with E-state index in [0.717, 1.165) is 22.0 Å². The molecule has 0 atom stereocenters. The lowest BCUT2D eigenvalue weighted by molar-refractivity contribution is -0.130. The highest BCUT2D eigenvalue weighted by molar-refractivity contribution is 6.16. The number of piperazine rings is 1. The maximum atomic E-state index is 12.5. The number of pyridine rings is 1. The van der Waals surface area contributed by atoms with Gasteiger partial charge in [0, 0.05) is 50.3 Å². The van der Waals surface area contributed by atoms with Crippen molar-refractivity contribution in [1.29, 1.82) is 0 Å². The summed E-state index contributed by atoms with van der Waals surface area (Å²) in [6.45, 7) is 2.78. The molecule has 9 heteroatoms. The van der Waals surface area contributed by atoms with Crippen molar-refractivity contribution in [3.8, 4) is 0 Å². The second-order valence-corrected chi connectivity index (χ2v) is 7.55. The van der Waals surface area contributed by atoms with Gasteiger partial charge in [-0.05, 0) is 29.0 Å². The normalized spacial score (nSPS) is 17.7. The lowest BCUT2D eigenvalue weighted by atomic mass is 10.0. The van der Waals surface area contributed by atoms with Gasteiger partial charge in [0.2, 0.25) is 5.90 Å². The molecule has 168 valence electrons. The summed E-state index contributed by atoms with van der Waals surface area (Å²) in [7, 11) is 0. The Morgan fingerprint density at radius 1 is 1.00 bits per heavy atom. The minimum absolute atomic E-state index is 0. The lowest BCUT2D eigenvalue weighted by Crippen LogP contribution is -2.49. The Hall–Kier alpha value is -3.91. The van der Waals surface area contributed by atoms with Gasteiger partial charge in [0.1, 0.15) is 0 Å². The number of aromatic nitrogens is 1. The van der Waals surface area contributed by atoms with Crippen LogP contribution in [0.4, 0.5) is 5.69 Å². The zero-order valence-electron chi connectivity index (χ0n) is 17.8. The number of carbonyl (C=O) groups excluding carboxylic acids is 1. The molecule has 0 aliphatic carbocycles. The van der Waals surface area contributed by atoms with E-state index in [4.69, 9.17) is 10.5 Å². The van der Waals surface area contributed by atoms with Gasteiger partial charge < -0.3 is 20.3 Å². The molecule has 2 aliphatic heterocycles. The van der Waals surface area contributed by atoms with Crippen LogP contribution in [0.5, 0.6) is 0 Å². The third-order valence-corrected chi connectivity index (χ3v) is 5.49. The number of carbonyl (C=O) groups is 1. The molecule has 0 spiro atoms. The molecular formula is C24H23ClN6O2. The number of rotatable bonds is 3. The largest absolute Gasteiger partial charge is 0.402 e. The molecule has 0 bridgehead atoms. The smallest absolute Gasteiger partial charge is 0.365 e. The highest BCUT2D eigenvalue weighted by Crippen LogP contribution is 2.24. The number of esters is 1. The van der Waals surface area contributed by atoms with E-state index in [1.165, 1.54) is 0 Å². The standard InChI is InChI=1S/C24H22N6O2.ClH/c25-24(27-18-8-10-26-11-9-18)30-14-12-29(13-15-30)16-21-23(31)32-22(28-21)20-7-3-5-17-4-1-2-6-19(17)20;/h1-11,16H,12-15H2,(H2,25,26,27);1H. The Kier molecular flexibility index (Phi) is 6.55. The molecule has 0 unspecified atom stereocenters. The van der Waals surface area contributed by atoms with Crippen molar-refractivity contribution in [3.05, 3.63) is 84.5 Å². The fraction of sp³-hybridized carbons (Fsp3) is 0.167. The number of hydrogen-bond donors (Lipinski definition) is 1. The van der Waals surface area contributed by atoms with Gasteiger partial charge in [0.15, 0.2) is 11.7 Å². The van der Waals surface area contributed by atoms with E-state index in [9.17, 15) is 4.79 Å². The summed E-state index contributed by atoms with van der Waals surface area (Å²) in [5, 5.41) is 2.07. The number of cyclic esters (lactones) is 1. The average Bonchev–Trinajstić information content (AvgIpc) is 3.19. The van der Waals surface area contributed by atoms with E-state index in [2.05, 4.69) is 19.9 Å². The number of hydrogen-bond acceptors (Lipinski definition) is 6. The van der Waals surface area contributed by atoms with Gasteiger partial charge in [-0.3, -0.25) is 4.98 Å². The maximum absolute atomic E-state index is 12.5. The quantitative estimate of drug-likeness (QED) is 0.278. The van der Waals surface area contributed by atoms with Crippen LogP contribution in [0.15, 0.2) is 88.9 Å². The second kappa shape index (κ2) is 9.70. The zero-order valence-corrected chi connectivity index (χ0v) is 18.6. The number of benzene rings is 2. The number of nitrogens with zero attached hydrogens (tertiary/aromatic N) is 5. The fourth-order valence-electron chi connectivity index (χ4n) is 3.80. The van der Waals surface area contributed by atoms with E-state index in [-0.39, 0.29) is 12.4 Å². The minimum atomic E-state index is -0.436. The average molecular weight is 463 g/mol. The predicted octanol–water partition coefficient (Wildman–Crippen LogP) is 3.07. The van der Waals surface area contributed by atoms with Crippen molar-refractivity contribution in [2.24, 2.45) is 15.7 Å². The number of nitrogens with two attached hydrogens (primary N) is 1. The summed E-state index contributed by atoms with van der Waals surface area (Å²) < 4.78 is 5.50. The molecule has 2 N–H and O–H groups in total. The monoisotopic (exact) mass is 462 g/mol. The first-order valence-electron chi connectivity index (χ1n) is 10.4. The van der Waals surface area contributed by atoms with E-state index >= 15 is 0 Å². The molecule has 3 heterocycles. The van der Waals surface area contributed by atoms with Crippen LogP contribution in [0.2, 0.25) is 0 Å². The molecule has 0 amide bonds. The topological polar surface area (TPSA) is 96.4 Å². The first-order chi connectivity index (χ1) is 15.7. The van der Waals surface area contributed by atoms with Gasteiger partial charge >= 0.3 is 5.97 Å². The van der Waals surface area contributed by atoms with Crippen molar-refractivity contribution in [2.75, 3.05) is 26.2 Å². The highest BCUT2D eigenvalue weighted by atomic mass is 35.5. The van der Waals surface area contributed by atoms with Gasteiger partial charge in [-0.25, -0.2) is 14.8 Å².